The standard InChI is InChI=1S/C8H17N5/c1-12(2)6-4-13(5-6)8(11)3-7(9)10/h3,6H,4-5,11H2,1-2H3,(H3,9,10)/b8-3+. The summed E-state index contributed by atoms with van der Waals surface area (Å²) in [7, 11) is 4.10. The minimum absolute atomic E-state index is 0.00537. The van der Waals surface area contributed by atoms with Crippen molar-refractivity contribution in [1.82, 2.24) is 9.80 Å². The molecular formula is C8H17N5. The van der Waals surface area contributed by atoms with Crippen molar-refractivity contribution in [3.63, 3.8) is 0 Å². The maximum absolute atomic E-state index is 7.04. The fourth-order valence-corrected chi connectivity index (χ4v) is 1.24. The van der Waals surface area contributed by atoms with Crippen LogP contribution >= 0.6 is 0 Å². The van der Waals surface area contributed by atoms with Gasteiger partial charge in [0.1, 0.15) is 11.7 Å². The Hall–Kier alpha value is -1.23. The van der Waals surface area contributed by atoms with Crippen molar-refractivity contribution < 1.29 is 0 Å². The third-order valence-corrected chi connectivity index (χ3v) is 2.26. The Morgan fingerprint density at radius 3 is 2.38 bits per heavy atom. The summed E-state index contributed by atoms with van der Waals surface area (Å²) in [5, 5.41) is 7.04. The van der Waals surface area contributed by atoms with Crippen molar-refractivity contribution in [2.24, 2.45) is 11.5 Å². The molecule has 1 fully saturated rings. The number of hydrogen-bond acceptors (Lipinski definition) is 4. The predicted molar refractivity (Wildman–Crippen MR) is 53.2 cm³/mol. The van der Waals surface area contributed by atoms with Gasteiger partial charge in [0.25, 0.3) is 0 Å². The molecule has 1 rings (SSSR count). The fourth-order valence-electron chi connectivity index (χ4n) is 1.24. The number of nitrogens with zero attached hydrogens (tertiary/aromatic N) is 2. The van der Waals surface area contributed by atoms with Crippen molar-refractivity contribution in [2.75, 3.05) is 27.2 Å². The van der Waals surface area contributed by atoms with E-state index in [4.69, 9.17) is 16.9 Å². The van der Waals surface area contributed by atoms with Gasteiger partial charge < -0.3 is 21.3 Å². The zero-order chi connectivity index (χ0) is 10.0. The van der Waals surface area contributed by atoms with Gasteiger partial charge in [0.15, 0.2) is 0 Å². The summed E-state index contributed by atoms with van der Waals surface area (Å²) in [6, 6.07) is 0.568. The lowest BCUT2D eigenvalue weighted by Crippen LogP contribution is -2.57. The highest BCUT2D eigenvalue weighted by Crippen LogP contribution is 2.14. The molecule has 0 spiro atoms. The maximum atomic E-state index is 7.04. The van der Waals surface area contributed by atoms with Crippen molar-refractivity contribution in [1.29, 1.82) is 5.41 Å². The second-order valence-electron chi connectivity index (χ2n) is 3.55. The molecule has 0 aliphatic carbocycles. The molecule has 1 aliphatic heterocycles. The quantitative estimate of drug-likeness (QED) is 0.386. The number of likely N-dealkylation sites (tertiary alicyclic amines) is 1. The molecule has 1 saturated heterocycles. The summed E-state index contributed by atoms with van der Waals surface area (Å²) in [6.45, 7) is 1.84. The summed E-state index contributed by atoms with van der Waals surface area (Å²) in [5.41, 5.74) is 10.9. The molecule has 0 aromatic heterocycles. The second-order valence-corrected chi connectivity index (χ2v) is 3.55. The molecule has 0 aromatic rings. The molecule has 0 bridgehead atoms. The smallest absolute Gasteiger partial charge is 0.118 e. The Labute approximate surface area is 78.5 Å². The van der Waals surface area contributed by atoms with Gasteiger partial charge in [0.2, 0.25) is 0 Å². The van der Waals surface area contributed by atoms with Gasteiger partial charge in [-0.25, -0.2) is 0 Å². The van der Waals surface area contributed by atoms with E-state index in [0.717, 1.165) is 13.1 Å². The lowest BCUT2D eigenvalue weighted by Gasteiger charge is -2.44. The predicted octanol–water partition coefficient (Wildman–Crippen LogP) is -1.03. The van der Waals surface area contributed by atoms with Crippen LogP contribution in [0.1, 0.15) is 0 Å². The summed E-state index contributed by atoms with van der Waals surface area (Å²) in [6.07, 6.45) is 1.48. The first kappa shape index (κ1) is 9.85. The van der Waals surface area contributed by atoms with Crippen LogP contribution in [0.5, 0.6) is 0 Å². The third-order valence-electron chi connectivity index (χ3n) is 2.26. The average Bonchev–Trinajstić information content (AvgIpc) is 1.79. The molecule has 0 saturated carbocycles. The van der Waals surface area contributed by atoms with Crippen LogP contribution in [-0.2, 0) is 0 Å². The van der Waals surface area contributed by atoms with E-state index in [2.05, 4.69) is 4.90 Å². The summed E-state index contributed by atoms with van der Waals surface area (Å²) >= 11 is 0. The SMILES string of the molecule is CN(C)C1CN(/C(N)=C/C(=N)N)C1. The molecule has 5 N–H and O–H groups in total. The van der Waals surface area contributed by atoms with Gasteiger partial charge in [0.05, 0.1) is 0 Å². The minimum Gasteiger partial charge on any atom is -0.385 e. The molecule has 0 unspecified atom stereocenters. The summed E-state index contributed by atoms with van der Waals surface area (Å²) < 4.78 is 0. The first-order valence-corrected chi connectivity index (χ1v) is 4.23. The van der Waals surface area contributed by atoms with E-state index in [0.29, 0.717) is 11.9 Å². The molecule has 1 aliphatic rings. The molecular weight excluding hydrogens is 166 g/mol. The number of nitrogens with two attached hydrogens (primary N) is 2. The van der Waals surface area contributed by atoms with Crippen LogP contribution in [0.25, 0.3) is 0 Å². The number of amidine groups is 1. The Morgan fingerprint density at radius 2 is 2.00 bits per heavy atom. The van der Waals surface area contributed by atoms with E-state index in [1.165, 1.54) is 6.08 Å². The number of likely N-dealkylation sites (N-methyl/N-ethyl adjacent to an activating group) is 1. The van der Waals surface area contributed by atoms with Crippen LogP contribution < -0.4 is 11.5 Å². The summed E-state index contributed by atoms with van der Waals surface area (Å²) in [4.78, 5) is 4.17. The van der Waals surface area contributed by atoms with Crippen molar-refractivity contribution in [3.05, 3.63) is 11.9 Å². The molecule has 74 valence electrons. The van der Waals surface area contributed by atoms with Gasteiger partial charge in [-0.05, 0) is 14.1 Å². The topological polar surface area (TPSA) is 82.4 Å². The van der Waals surface area contributed by atoms with Crippen LogP contribution in [0.4, 0.5) is 0 Å². The summed E-state index contributed by atoms with van der Waals surface area (Å²) in [5.74, 6) is 0.594. The van der Waals surface area contributed by atoms with Crippen LogP contribution in [0.15, 0.2) is 11.9 Å². The normalized spacial score (nSPS) is 19.0. The van der Waals surface area contributed by atoms with E-state index in [1.54, 1.807) is 0 Å². The number of hydrogen-bond donors (Lipinski definition) is 3. The monoisotopic (exact) mass is 183 g/mol. The zero-order valence-corrected chi connectivity index (χ0v) is 8.12. The maximum Gasteiger partial charge on any atom is 0.118 e. The van der Waals surface area contributed by atoms with E-state index in [9.17, 15) is 0 Å². The zero-order valence-electron chi connectivity index (χ0n) is 8.12. The Bertz CT molecular complexity index is 227. The van der Waals surface area contributed by atoms with Gasteiger partial charge in [-0.2, -0.15) is 0 Å². The molecule has 5 nitrogen and oxygen atoms in total. The van der Waals surface area contributed by atoms with Crippen molar-refractivity contribution >= 4 is 5.84 Å². The largest absolute Gasteiger partial charge is 0.385 e. The number of rotatable bonds is 3. The Morgan fingerprint density at radius 1 is 1.46 bits per heavy atom. The molecule has 1 heterocycles. The van der Waals surface area contributed by atoms with E-state index in [1.807, 2.05) is 19.0 Å². The van der Waals surface area contributed by atoms with E-state index < -0.39 is 0 Å². The van der Waals surface area contributed by atoms with Gasteiger partial charge >= 0.3 is 0 Å². The highest BCUT2D eigenvalue weighted by Gasteiger charge is 2.28. The van der Waals surface area contributed by atoms with Gasteiger partial charge in [0, 0.05) is 25.2 Å². The van der Waals surface area contributed by atoms with Crippen molar-refractivity contribution in [3.8, 4) is 0 Å². The van der Waals surface area contributed by atoms with Gasteiger partial charge in [-0.3, -0.25) is 5.41 Å². The van der Waals surface area contributed by atoms with Crippen LogP contribution in [0.2, 0.25) is 0 Å². The Balaban J connectivity index is 2.39. The molecule has 5 heteroatoms. The second kappa shape index (κ2) is 3.66. The molecule has 0 atom stereocenters. The lowest BCUT2D eigenvalue weighted by molar-refractivity contribution is 0.0929. The van der Waals surface area contributed by atoms with Crippen LogP contribution in [0, 0.1) is 5.41 Å². The fraction of sp³-hybridized carbons (Fsp3) is 0.625. The Kier molecular flexibility index (Phi) is 2.77. The minimum atomic E-state index is 0.00537. The number of nitrogens with one attached hydrogen (secondary N) is 1. The van der Waals surface area contributed by atoms with E-state index in [-0.39, 0.29) is 5.84 Å². The first-order chi connectivity index (χ1) is 6.00. The average molecular weight is 183 g/mol. The molecule has 0 aromatic carbocycles. The van der Waals surface area contributed by atoms with Crippen molar-refractivity contribution in [2.45, 2.75) is 6.04 Å². The van der Waals surface area contributed by atoms with Gasteiger partial charge in [-0.1, -0.05) is 0 Å². The molecule has 13 heavy (non-hydrogen) atoms. The third kappa shape index (κ3) is 2.35. The first-order valence-electron chi connectivity index (χ1n) is 4.23. The van der Waals surface area contributed by atoms with Crippen LogP contribution in [0.3, 0.4) is 0 Å². The molecule has 0 amide bonds. The highest BCUT2D eigenvalue weighted by atomic mass is 15.3. The van der Waals surface area contributed by atoms with Gasteiger partial charge in [-0.15, -0.1) is 0 Å². The van der Waals surface area contributed by atoms with E-state index >= 15 is 0 Å². The highest BCUT2D eigenvalue weighted by molar-refractivity contribution is 5.88. The lowest BCUT2D eigenvalue weighted by atomic mass is 10.1. The van der Waals surface area contributed by atoms with Crippen LogP contribution in [-0.4, -0.2) is 48.9 Å². The molecule has 0 radical (unpaired) electrons.